The molecule has 1 aliphatic rings. The molecule has 4 rings (SSSR count). The first-order chi connectivity index (χ1) is 17.0. The smallest absolute Gasteiger partial charge is 0.411 e. The molecule has 0 saturated carbocycles. The number of pyridine rings is 1. The molecule has 9 nitrogen and oxygen atoms in total. The second-order valence-corrected chi connectivity index (χ2v) is 8.05. The molecular weight excluding hydrogens is 450 g/mol. The minimum atomic E-state index is -1.02. The first kappa shape index (κ1) is 23.9. The molecule has 1 heterocycles. The highest BCUT2D eigenvalue weighted by Crippen LogP contribution is 2.44. The molecule has 2 amide bonds. The molecular formula is C26H25N3O6. The van der Waals surface area contributed by atoms with Gasteiger partial charge in [-0.1, -0.05) is 48.5 Å². The highest BCUT2D eigenvalue weighted by atomic mass is 16.5. The Kier molecular flexibility index (Phi) is 7.37. The molecule has 0 saturated heterocycles. The Labute approximate surface area is 202 Å². The van der Waals surface area contributed by atoms with Crippen LogP contribution in [-0.4, -0.2) is 54.4 Å². The van der Waals surface area contributed by atoms with E-state index in [2.05, 4.69) is 27.8 Å². The zero-order chi connectivity index (χ0) is 24.8. The van der Waals surface area contributed by atoms with Crippen LogP contribution in [-0.2, 0) is 14.3 Å². The minimum absolute atomic E-state index is 0.0308. The number of fused-ring (bicyclic) bond motifs is 3. The summed E-state index contributed by atoms with van der Waals surface area (Å²) in [6.07, 6.45) is -0.150. The Balaban J connectivity index is 1.31. The van der Waals surface area contributed by atoms with Gasteiger partial charge < -0.3 is 19.9 Å². The zero-order valence-corrected chi connectivity index (χ0v) is 19.1. The van der Waals surface area contributed by atoms with E-state index in [-0.39, 0.29) is 31.2 Å². The number of carbonyl (C=O) groups excluding carboxylic acids is 2. The standard InChI is InChI=1S/C26H25N3O6/c1-34-17(12-24(30)31)14-28-25(32)23-11-10-16(13-27-23)29-26(33)35-15-22-20-8-4-2-6-18(20)19-7-3-5-9-21(19)22/h2-11,13,17,22H,12,14-15H2,1H3,(H,28,32)(H,29,33)(H,30,31). The maximum absolute atomic E-state index is 12.4. The summed E-state index contributed by atoms with van der Waals surface area (Å²) < 4.78 is 10.5. The van der Waals surface area contributed by atoms with Crippen molar-refractivity contribution in [3.05, 3.63) is 83.7 Å². The van der Waals surface area contributed by atoms with E-state index in [1.54, 1.807) is 0 Å². The normalized spacial score (nSPS) is 12.8. The van der Waals surface area contributed by atoms with Crippen LogP contribution in [0, 0.1) is 0 Å². The molecule has 3 N–H and O–H groups in total. The van der Waals surface area contributed by atoms with Gasteiger partial charge in [0.1, 0.15) is 12.3 Å². The topological polar surface area (TPSA) is 127 Å². The fourth-order valence-electron chi connectivity index (χ4n) is 4.09. The third kappa shape index (κ3) is 5.64. The lowest BCUT2D eigenvalue weighted by molar-refractivity contribution is -0.139. The molecule has 1 atom stereocenters. The number of aliphatic carboxylic acids is 1. The molecule has 1 aliphatic carbocycles. The lowest BCUT2D eigenvalue weighted by Crippen LogP contribution is -2.34. The second kappa shape index (κ2) is 10.8. The van der Waals surface area contributed by atoms with Crippen molar-refractivity contribution < 1.29 is 29.0 Å². The number of benzene rings is 2. The van der Waals surface area contributed by atoms with E-state index in [0.717, 1.165) is 22.3 Å². The zero-order valence-electron chi connectivity index (χ0n) is 19.1. The Morgan fingerprint density at radius 3 is 2.23 bits per heavy atom. The third-order valence-corrected chi connectivity index (χ3v) is 5.81. The number of nitrogens with zero attached hydrogens (tertiary/aromatic N) is 1. The summed E-state index contributed by atoms with van der Waals surface area (Å²) >= 11 is 0. The van der Waals surface area contributed by atoms with Crippen molar-refractivity contribution in [3.8, 4) is 11.1 Å². The Morgan fingerprint density at radius 1 is 1.00 bits per heavy atom. The Morgan fingerprint density at radius 2 is 1.66 bits per heavy atom. The van der Waals surface area contributed by atoms with Gasteiger partial charge in [-0.05, 0) is 34.4 Å². The summed E-state index contributed by atoms with van der Waals surface area (Å²) in [5.74, 6) is -1.55. The van der Waals surface area contributed by atoms with Crippen LogP contribution in [0.1, 0.15) is 34.0 Å². The van der Waals surface area contributed by atoms with E-state index in [1.165, 1.54) is 25.4 Å². The second-order valence-electron chi connectivity index (χ2n) is 8.05. The lowest BCUT2D eigenvalue weighted by Gasteiger charge is -2.15. The summed E-state index contributed by atoms with van der Waals surface area (Å²) in [4.78, 5) is 39.5. The molecule has 1 unspecified atom stereocenters. The van der Waals surface area contributed by atoms with Crippen molar-refractivity contribution >= 4 is 23.7 Å². The molecule has 1 aromatic heterocycles. The largest absolute Gasteiger partial charge is 0.481 e. The van der Waals surface area contributed by atoms with Crippen molar-refractivity contribution in [3.63, 3.8) is 0 Å². The fourth-order valence-corrected chi connectivity index (χ4v) is 4.09. The first-order valence-corrected chi connectivity index (χ1v) is 11.1. The third-order valence-electron chi connectivity index (χ3n) is 5.81. The van der Waals surface area contributed by atoms with E-state index in [4.69, 9.17) is 14.6 Å². The van der Waals surface area contributed by atoms with E-state index in [1.807, 2.05) is 36.4 Å². The van der Waals surface area contributed by atoms with Gasteiger partial charge in [-0.3, -0.25) is 14.9 Å². The minimum Gasteiger partial charge on any atom is -0.481 e. The number of ether oxygens (including phenoxy) is 2. The van der Waals surface area contributed by atoms with Gasteiger partial charge in [-0.2, -0.15) is 0 Å². The Hall–Kier alpha value is -4.24. The van der Waals surface area contributed by atoms with Crippen molar-refractivity contribution in [2.75, 3.05) is 25.6 Å². The molecule has 0 spiro atoms. The Bertz CT molecular complexity index is 1180. The average molecular weight is 476 g/mol. The highest BCUT2D eigenvalue weighted by Gasteiger charge is 2.29. The number of aromatic nitrogens is 1. The number of carboxylic acid groups (broad SMARTS) is 1. The first-order valence-electron chi connectivity index (χ1n) is 11.1. The molecule has 2 aromatic carbocycles. The molecule has 0 bridgehead atoms. The quantitative estimate of drug-likeness (QED) is 0.431. The van der Waals surface area contributed by atoms with Gasteiger partial charge in [0.25, 0.3) is 5.91 Å². The summed E-state index contributed by atoms with van der Waals surface area (Å²) in [6.45, 7) is 0.216. The van der Waals surface area contributed by atoms with E-state index < -0.39 is 24.1 Å². The van der Waals surface area contributed by atoms with Crippen molar-refractivity contribution in [1.29, 1.82) is 0 Å². The van der Waals surface area contributed by atoms with E-state index in [9.17, 15) is 14.4 Å². The van der Waals surface area contributed by atoms with Crippen LogP contribution >= 0.6 is 0 Å². The van der Waals surface area contributed by atoms with Crippen LogP contribution < -0.4 is 10.6 Å². The van der Waals surface area contributed by atoms with Gasteiger partial charge in [0.05, 0.1) is 24.4 Å². The number of amides is 2. The maximum Gasteiger partial charge on any atom is 0.411 e. The van der Waals surface area contributed by atoms with Gasteiger partial charge in [0, 0.05) is 19.6 Å². The average Bonchev–Trinajstić information content (AvgIpc) is 3.19. The highest BCUT2D eigenvalue weighted by molar-refractivity contribution is 5.93. The van der Waals surface area contributed by atoms with Crippen molar-refractivity contribution in [2.45, 2.75) is 18.4 Å². The molecule has 35 heavy (non-hydrogen) atoms. The molecule has 0 radical (unpaired) electrons. The predicted octanol–water partition coefficient (Wildman–Crippen LogP) is 3.66. The number of hydrogen-bond donors (Lipinski definition) is 3. The van der Waals surface area contributed by atoms with Crippen LogP contribution in [0.3, 0.4) is 0 Å². The van der Waals surface area contributed by atoms with Gasteiger partial charge >= 0.3 is 12.1 Å². The van der Waals surface area contributed by atoms with E-state index >= 15 is 0 Å². The fraction of sp³-hybridized carbons (Fsp3) is 0.231. The number of carboxylic acids is 1. The van der Waals surface area contributed by atoms with Gasteiger partial charge in [-0.25, -0.2) is 9.78 Å². The summed E-state index contributed by atoms with van der Waals surface area (Å²) in [5.41, 5.74) is 5.03. The number of nitrogens with one attached hydrogen (secondary N) is 2. The number of carbonyl (C=O) groups is 3. The number of rotatable bonds is 9. The number of anilines is 1. The summed E-state index contributed by atoms with van der Waals surface area (Å²) in [6, 6.07) is 19.2. The molecule has 9 heteroatoms. The monoisotopic (exact) mass is 475 g/mol. The van der Waals surface area contributed by atoms with Crippen LogP contribution in [0.4, 0.5) is 10.5 Å². The van der Waals surface area contributed by atoms with Crippen LogP contribution in [0.15, 0.2) is 66.9 Å². The summed E-state index contributed by atoms with van der Waals surface area (Å²) in [7, 11) is 1.38. The lowest BCUT2D eigenvalue weighted by atomic mass is 9.98. The van der Waals surface area contributed by atoms with Gasteiger partial charge in [-0.15, -0.1) is 0 Å². The van der Waals surface area contributed by atoms with Crippen LogP contribution in [0.2, 0.25) is 0 Å². The number of methoxy groups -OCH3 is 1. The van der Waals surface area contributed by atoms with Gasteiger partial charge in [0.15, 0.2) is 0 Å². The van der Waals surface area contributed by atoms with Gasteiger partial charge in [0.2, 0.25) is 0 Å². The number of hydrogen-bond acceptors (Lipinski definition) is 6. The van der Waals surface area contributed by atoms with Crippen LogP contribution in [0.5, 0.6) is 0 Å². The van der Waals surface area contributed by atoms with Crippen molar-refractivity contribution in [1.82, 2.24) is 10.3 Å². The van der Waals surface area contributed by atoms with E-state index in [0.29, 0.717) is 5.69 Å². The SMILES string of the molecule is COC(CNC(=O)c1ccc(NC(=O)OCC2c3ccccc3-c3ccccc32)cn1)CC(=O)O. The van der Waals surface area contributed by atoms with Crippen LogP contribution in [0.25, 0.3) is 11.1 Å². The molecule has 3 aromatic rings. The molecule has 0 fully saturated rings. The van der Waals surface area contributed by atoms with Crippen molar-refractivity contribution in [2.24, 2.45) is 0 Å². The molecule has 0 aliphatic heterocycles. The predicted molar refractivity (Wildman–Crippen MR) is 128 cm³/mol. The maximum atomic E-state index is 12.4. The summed E-state index contributed by atoms with van der Waals surface area (Å²) in [5, 5.41) is 14.0. The molecule has 180 valence electrons.